The molecule has 4 nitrogen and oxygen atoms in total. The molecular formula is C36H22N4. The second-order valence-electron chi connectivity index (χ2n) is 10.4. The molecule has 9 rings (SSSR count). The minimum absolute atomic E-state index is 1.14. The van der Waals surface area contributed by atoms with Crippen molar-refractivity contribution >= 4 is 65.2 Å². The summed E-state index contributed by atoms with van der Waals surface area (Å²) in [5.41, 5.74) is 7.11. The van der Waals surface area contributed by atoms with Crippen LogP contribution < -0.4 is 0 Å². The molecule has 0 N–H and O–H groups in total. The molecule has 4 aromatic heterocycles. The van der Waals surface area contributed by atoms with Crippen molar-refractivity contribution in [3.8, 4) is 11.4 Å². The molecule has 0 saturated carbocycles. The minimum Gasteiger partial charge on any atom is -0.309 e. The van der Waals surface area contributed by atoms with Gasteiger partial charge in [0.25, 0.3) is 0 Å². The molecule has 5 aromatic carbocycles. The summed E-state index contributed by atoms with van der Waals surface area (Å²) in [4.78, 5) is 8.60. The molecule has 0 atom stereocenters. The van der Waals surface area contributed by atoms with Gasteiger partial charge in [-0.3, -0.25) is 9.97 Å². The molecule has 0 aliphatic carbocycles. The van der Waals surface area contributed by atoms with Gasteiger partial charge in [-0.15, -0.1) is 0 Å². The maximum absolute atomic E-state index is 4.30. The minimum atomic E-state index is 1.14. The van der Waals surface area contributed by atoms with E-state index in [-0.39, 0.29) is 0 Å². The van der Waals surface area contributed by atoms with Crippen LogP contribution in [0.15, 0.2) is 134 Å². The van der Waals surface area contributed by atoms with Crippen LogP contribution in [-0.4, -0.2) is 19.1 Å². The number of fused-ring (bicyclic) bond motifs is 9. The van der Waals surface area contributed by atoms with Crippen molar-refractivity contribution < 1.29 is 0 Å². The number of hydrogen-bond acceptors (Lipinski definition) is 2. The highest BCUT2D eigenvalue weighted by Gasteiger charge is 2.20. The Bertz CT molecular complexity index is 2270. The normalized spacial score (nSPS) is 12.0. The number of pyridine rings is 2. The summed E-state index contributed by atoms with van der Waals surface area (Å²) in [7, 11) is 0. The molecule has 0 aliphatic rings. The summed E-state index contributed by atoms with van der Waals surface area (Å²) >= 11 is 0. The van der Waals surface area contributed by atoms with Crippen LogP contribution in [0.5, 0.6) is 0 Å². The van der Waals surface area contributed by atoms with E-state index in [1.54, 1.807) is 0 Å². The quantitative estimate of drug-likeness (QED) is 0.233. The second kappa shape index (κ2) is 8.01. The van der Waals surface area contributed by atoms with E-state index >= 15 is 0 Å². The lowest BCUT2D eigenvalue weighted by molar-refractivity contribution is 1.18. The Morgan fingerprint density at radius 1 is 0.400 bits per heavy atom. The average Bonchev–Trinajstić information content (AvgIpc) is 3.53. The SMILES string of the molecule is c1ccc2c(c1)c1c3c4ccccc4n(-c4ccc5cnccc5c4)c3ccc1n2-c1ccc2cnccc2c1. The van der Waals surface area contributed by atoms with Crippen molar-refractivity contribution in [1.82, 2.24) is 19.1 Å². The first-order valence-corrected chi connectivity index (χ1v) is 13.5. The zero-order valence-electron chi connectivity index (χ0n) is 21.5. The molecule has 0 unspecified atom stereocenters. The first kappa shape index (κ1) is 21.5. The average molecular weight is 511 g/mol. The van der Waals surface area contributed by atoms with E-state index in [1.807, 2.05) is 24.8 Å². The van der Waals surface area contributed by atoms with E-state index in [0.29, 0.717) is 0 Å². The van der Waals surface area contributed by atoms with Gasteiger partial charge >= 0.3 is 0 Å². The topological polar surface area (TPSA) is 35.6 Å². The number of benzene rings is 5. The van der Waals surface area contributed by atoms with E-state index < -0.39 is 0 Å². The van der Waals surface area contributed by atoms with Crippen LogP contribution in [0.4, 0.5) is 0 Å². The van der Waals surface area contributed by atoms with Gasteiger partial charge in [0.1, 0.15) is 0 Å². The van der Waals surface area contributed by atoms with Crippen LogP contribution in [0, 0.1) is 0 Å². The third-order valence-corrected chi connectivity index (χ3v) is 8.24. The lowest BCUT2D eigenvalue weighted by Crippen LogP contribution is -1.95. The number of rotatable bonds is 2. The van der Waals surface area contributed by atoms with Crippen LogP contribution >= 0.6 is 0 Å². The molecule has 0 saturated heterocycles. The van der Waals surface area contributed by atoms with Crippen LogP contribution in [-0.2, 0) is 0 Å². The van der Waals surface area contributed by atoms with Crippen LogP contribution in [0.25, 0.3) is 76.5 Å². The Hall–Kier alpha value is -5.48. The third-order valence-electron chi connectivity index (χ3n) is 8.24. The molecular weight excluding hydrogens is 488 g/mol. The summed E-state index contributed by atoms with van der Waals surface area (Å²) in [6, 6.07) is 39.5. The largest absolute Gasteiger partial charge is 0.309 e. The Morgan fingerprint density at radius 2 is 0.875 bits per heavy atom. The Labute approximate surface area is 229 Å². The zero-order chi connectivity index (χ0) is 26.2. The summed E-state index contributed by atoms with van der Waals surface area (Å²) in [5, 5.41) is 9.72. The maximum atomic E-state index is 4.30. The van der Waals surface area contributed by atoms with Crippen LogP contribution in [0.3, 0.4) is 0 Å². The van der Waals surface area contributed by atoms with Crippen molar-refractivity contribution in [2.75, 3.05) is 0 Å². The molecule has 0 bridgehead atoms. The highest BCUT2D eigenvalue weighted by molar-refractivity contribution is 6.29. The van der Waals surface area contributed by atoms with Crippen LogP contribution in [0.2, 0.25) is 0 Å². The zero-order valence-corrected chi connectivity index (χ0v) is 21.5. The van der Waals surface area contributed by atoms with Crippen molar-refractivity contribution in [3.63, 3.8) is 0 Å². The molecule has 9 aromatic rings. The number of aromatic nitrogens is 4. The van der Waals surface area contributed by atoms with Gasteiger partial charge in [-0.1, -0.05) is 48.5 Å². The lowest BCUT2D eigenvalue weighted by atomic mass is 10.1. The third kappa shape index (κ3) is 2.90. The Morgan fingerprint density at radius 3 is 1.38 bits per heavy atom. The molecule has 4 heteroatoms. The molecule has 40 heavy (non-hydrogen) atoms. The Balaban J connectivity index is 1.43. The number of nitrogens with zero attached hydrogens (tertiary/aromatic N) is 4. The van der Waals surface area contributed by atoms with E-state index in [2.05, 4.69) is 128 Å². The highest BCUT2D eigenvalue weighted by atomic mass is 15.0. The number of hydrogen-bond donors (Lipinski definition) is 0. The highest BCUT2D eigenvalue weighted by Crippen LogP contribution is 2.42. The lowest BCUT2D eigenvalue weighted by Gasteiger charge is -2.10. The van der Waals surface area contributed by atoms with Gasteiger partial charge in [-0.05, 0) is 71.4 Å². The molecule has 0 amide bonds. The number of para-hydroxylation sites is 2. The van der Waals surface area contributed by atoms with E-state index in [9.17, 15) is 0 Å². The summed E-state index contributed by atoms with van der Waals surface area (Å²) < 4.78 is 4.80. The van der Waals surface area contributed by atoms with E-state index in [0.717, 1.165) is 22.1 Å². The fourth-order valence-corrected chi connectivity index (χ4v) is 6.49. The fraction of sp³-hybridized carbons (Fsp3) is 0. The van der Waals surface area contributed by atoms with Gasteiger partial charge in [0.05, 0.1) is 22.1 Å². The van der Waals surface area contributed by atoms with E-state index in [4.69, 9.17) is 0 Å². The van der Waals surface area contributed by atoms with Gasteiger partial charge in [0, 0.05) is 68.5 Å². The van der Waals surface area contributed by atoms with Crippen LogP contribution in [0.1, 0.15) is 0 Å². The first-order chi connectivity index (χ1) is 19.8. The predicted molar refractivity (Wildman–Crippen MR) is 166 cm³/mol. The summed E-state index contributed by atoms with van der Waals surface area (Å²) in [6.45, 7) is 0. The summed E-state index contributed by atoms with van der Waals surface area (Å²) in [5.74, 6) is 0. The van der Waals surface area contributed by atoms with Gasteiger partial charge in [0.2, 0.25) is 0 Å². The second-order valence-corrected chi connectivity index (χ2v) is 10.4. The molecule has 186 valence electrons. The first-order valence-electron chi connectivity index (χ1n) is 13.5. The Kier molecular flexibility index (Phi) is 4.30. The van der Waals surface area contributed by atoms with Crippen molar-refractivity contribution in [2.45, 2.75) is 0 Å². The van der Waals surface area contributed by atoms with Crippen molar-refractivity contribution in [3.05, 3.63) is 134 Å². The van der Waals surface area contributed by atoms with Gasteiger partial charge in [0.15, 0.2) is 0 Å². The molecule has 0 aliphatic heterocycles. The smallest absolute Gasteiger partial charge is 0.0548 e. The monoisotopic (exact) mass is 510 g/mol. The van der Waals surface area contributed by atoms with Crippen molar-refractivity contribution in [2.24, 2.45) is 0 Å². The fourth-order valence-electron chi connectivity index (χ4n) is 6.49. The molecule has 4 heterocycles. The van der Waals surface area contributed by atoms with Gasteiger partial charge in [-0.2, -0.15) is 0 Å². The standard InChI is InChI=1S/C36H22N4/c1-3-7-31-29(5-1)35-33(39(31)27-11-9-25-21-37-17-15-23(25)19-27)13-14-34-36(35)30-6-2-4-8-32(30)40(34)28-12-10-26-22-38-18-16-24(26)20-28/h1-22H. The molecule has 0 fully saturated rings. The predicted octanol–water partition coefficient (Wildman–Crippen LogP) is 8.98. The molecule has 0 spiro atoms. The van der Waals surface area contributed by atoms with Crippen molar-refractivity contribution in [1.29, 1.82) is 0 Å². The van der Waals surface area contributed by atoms with Gasteiger partial charge in [-0.25, -0.2) is 0 Å². The maximum Gasteiger partial charge on any atom is 0.0548 e. The van der Waals surface area contributed by atoms with Gasteiger partial charge < -0.3 is 9.13 Å². The summed E-state index contributed by atoms with van der Waals surface area (Å²) in [6.07, 6.45) is 7.57. The van der Waals surface area contributed by atoms with E-state index in [1.165, 1.54) is 54.4 Å². The molecule has 0 radical (unpaired) electrons.